The zero-order chi connectivity index (χ0) is 17.8. The van der Waals surface area contributed by atoms with Crippen molar-refractivity contribution in [3.05, 3.63) is 71.9 Å². The van der Waals surface area contributed by atoms with Crippen LogP contribution in [0.5, 0.6) is 0 Å². The van der Waals surface area contributed by atoms with Crippen LogP contribution in [0.3, 0.4) is 0 Å². The van der Waals surface area contributed by atoms with E-state index in [2.05, 4.69) is 10.3 Å². The van der Waals surface area contributed by atoms with Gasteiger partial charge in [-0.1, -0.05) is 48.5 Å². The number of hydrogen-bond donors (Lipinski definition) is 4. The van der Waals surface area contributed by atoms with Gasteiger partial charge in [0.05, 0.1) is 0 Å². The lowest BCUT2D eigenvalue weighted by Crippen LogP contribution is -2.47. The van der Waals surface area contributed by atoms with E-state index < -0.39 is 24.0 Å². The van der Waals surface area contributed by atoms with E-state index in [0.29, 0.717) is 5.56 Å². The zero-order valence-electron chi connectivity index (χ0n) is 13.5. The summed E-state index contributed by atoms with van der Waals surface area (Å²) < 4.78 is 0. The van der Waals surface area contributed by atoms with Crippen LogP contribution in [0, 0.1) is 0 Å². The number of carbonyl (C=O) groups is 2. The molecule has 1 heterocycles. The average Bonchev–Trinajstić information content (AvgIpc) is 3.04. The molecule has 0 radical (unpaired) electrons. The number of amides is 2. The van der Waals surface area contributed by atoms with Gasteiger partial charge >= 0.3 is 0 Å². The van der Waals surface area contributed by atoms with Crippen molar-refractivity contribution in [3.8, 4) is 0 Å². The molecule has 0 fully saturated rings. The third kappa shape index (κ3) is 3.70. The quantitative estimate of drug-likeness (QED) is 0.546. The Balaban J connectivity index is 1.75. The van der Waals surface area contributed by atoms with Gasteiger partial charge in [0.15, 0.2) is 6.10 Å². The van der Waals surface area contributed by atoms with Crippen LogP contribution in [0.15, 0.2) is 60.8 Å². The molecule has 0 aliphatic carbocycles. The number of para-hydroxylation sites is 1. The molecule has 1 aromatic heterocycles. The van der Waals surface area contributed by atoms with Crippen LogP contribution in [-0.4, -0.2) is 27.9 Å². The number of aliphatic hydroxyl groups excluding tert-OH is 1. The molecule has 2 atom stereocenters. The van der Waals surface area contributed by atoms with E-state index >= 15 is 0 Å². The van der Waals surface area contributed by atoms with Gasteiger partial charge in [-0.15, -0.1) is 0 Å². The molecule has 6 nitrogen and oxygen atoms in total. The van der Waals surface area contributed by atoms with Crippen LogP contribution in [0.2, 0.25) is 0 Å². The summed E-state index contributed by atoms with van der Waals surface area (Å²) in [5, 5.41) is 13.7. The molecule has 0 spiro atoms. The molecule has 0 saturated heterocycles. The van der Waals surface area contributed by atoms with E-state index in [4.69, 9.17) is 5.73 Å². The topological polar surface area (TPSA) is 108 Å². The highest BCUT2D eigenvalue weighted by Crippen LogP contribution is 2.19. The molecule has 0 unspecified atom stereocenters. The van der Waals surface area contributed by atoms with Crippen molar-refractivity contribution >= 4 is 22.7 Å². The fraction of sp³-hybridized carbons (Fsp3) is 0.158. The maximum atomic E-state index is 12.3. The minimum Gasteiger partial charge on any atom is -0.378 e. The Morgan fingerprint density at radius 2 is 1.76 bits per heavy atom. The van der Waals surface area contributed by atoms with Crippen LogP contribution < -0.4 is 11.1 Å². The lowest BCUT2D eigenvalue weighted by atomic mass is 10.0. The van der Waals surface area contributed by atoms with Crippen molar-refractivity contribution < 1.29 is 14.7 Å². The van der Waals surface area contributed by atoms with Crippen molar-refractivity contribution in [1.29, 1.82) is 0 Å². The fourth-order valence-corrected chi connectivity index (χ4v) is 2.78. The molecule has 2 amide bonds. The van der Waals surface area contributed by atoms with Gasteiger partial charge in [0.1, 0.15) is 6.04 Å². The van der Waals surface area contributed by atoms with Gasteiger partial charge in [-0.2, -0.15) is 0 Å². The molecule has 5 N–H and O–H groups in total. The summed E-state index contributed by atoms with van der Waals surface area (Å²) in [5.41, 5.74) is 7.70. The monoisotopic (exact) mass is 337 g/mol. The summed E-state index contributed by atoms with van der Waals surface area (Å²) in [6.07, 6.45) is 0.679. The number of benzene rings is 2. The number of primary amides is 1. The molecular weight excluding hydrogens is 318 g/mol. The molecule has 3 aromatic rings. The molecule has 3 rings (SSSR count). The number of H-pyrrole nitrogens is 1. The molecule has 128 valence electrons. The van der Waals surface area contributed by atoms with E-state index in [0.717, 1.165) is 16.5 Å². The van der Waals surface area contributed by atoms with Gasteiger partial charge in [0.2, 0.25) is 5.91 Å². The highest BCUT2D eigenvalue weighted by molar-refractivity contribution is 5.90. The third-order valence-electron chi connectivity index (χ3n) is 4.12. The average molecular weight is 337 g/mol. The summed E-state index contributed by atoms with van der Waals surface area (Å²) in [5.74, 6) is -1.31. The fourth-order valence-electron chi connectivity index (χ4n) is 2.78. The lowest BCUT2D eigenvalue weighted by molar-refractivity contribution is -0.133. The van der Waals surface area contributed by atoms with E-state index in [-0.39, 0.29) is 6.42 Å². The van der Waals surface area contributed by atoms with Crippen LogP contribution in [0.1, 0.15) is 17.2 Å². The van der Waals surface area contributed by atoms with Gasteiger partial charge < -0.3 is 21.1 Å². The van der Waals surface area contributed by atoms with E-state index in [9.17, 15) is 14.7 Å². The highest BCUT2D eigenvalue weighted by atomic mass is 16.3. The van der Waals surface area contributed by atoms with Crippen molar-refractivity contribution in [2.24, 2.45) is 5.73 Å². The van der Waals surface area contributed by atoms with Crippen molar-refractivity contribution in [3.63, 3.8) is 0 Å². The Morgan fingerprint density at radius 3 is 2.48 bits per heavy atom. The number of rotatable bonds is 6. The first-order valence-corrected chi connectivity index (χ1v) is 7.94. The largest absolute Gasteiger partial charge is 0.378 e. The summed E-state index contributed by atoms with van der Waals surface area (Å²) >= 11 is 0. The molecule has 6 heteroatoms. The minimum atomic E-state index is -1.36. The van der Waals surface area contributed by atoms with E-state index in [1.165, 1.54) is 0 Å². The second-order valence-corrected chi connectivity index (χ2v) is 5.84. The molecule has 0 bridgehead atoms. The molecule has 0 saturated carbocycles. The number of fused-ring (bicyclic) bond motifs is 1. The first-order chi connectivity index (χ1) is 12.1. The van der Waals surface area contributed by atoms with E-state index in [1.807, 2.05) is 24.3 Å². The number of aliphatic hydroxyl groups is 1. The van der Waals surface area contributed by atoms with Gasteiger partial charge in [0, 0.05) is 23.5 Å². The Labute approximate surface area is 144 Å². The number of hydrogen-bond acceptors (Lipinski definition) is 3. The van der Waals surface area contributed by atoms with E-state index in [1.54, 1.807) is 36.5 Å². The Hall–Kier alpha value is -3.12. The van der Waals surface area contributed by atoms with Crippen LogP contribution in [0.4, 0.5) is 0 Å². The Morgan fingerprint density at radius 1 is 1.08 bits per heavy atom. The van der Waals surface area contributed by atoms with Gasteiger partial charge in [-0.05, 0) is 17.2 Å². The Bertz CT molecular complexity index is 889. The normalized spacial score (nSPS) is 13.3. The standard InChI is InChI=1S/C19H19N3O3/c20-18(24)16(10-13-11-21-15-9-5-4-8-14(13)15)22-19(25)17(23)12-6-2-1-3-7-12/h1-9,11,16-17,21,23H,10H2,(H2,20,24)(H,22,25)/t16-,17-/m0/s1. The number of aromatic nitrogens is 1. The first kappa shape index (κ1) is 16.7. The Kier molecular flexibility index (Phi) is 4.81. The van der Waals surface area contributed by atoms with Crippen LogP contribution in [0.25, 0.3) is 10.9 Å². The second kappa shape index (κ2) is 7.19. The maximum absolute atomic E-state index is 12.3. The predicted octanol–water partition coefficient (Wildman–Crippen LogP) is 1.41. The summed E-state index contributed by atoms with van der Waals surface area (Å²) in [4.78, 5) is 27.2. The predicted molar refractivity (Wildman–Crippen MR) is 94.5 cm³/mol. The molecule has 2 aromatic carbocycles. The number of carbonyl (C=O) groups excluding carboxylic acids is 2. The van der Waals surface area contributed by atoms with Crippen molar-refractivity contribution in [2.45, 2.75) is 18.6 Å². The SMILES string of the molecule is NC(=O)[C@H](Cc1c[nH]c2ccccc12)NC(=O)[C@@H](O)c1ccccc1. The zero-order valence-corrected chi connectivity index (χ0v) is 13.5. The minimum absolute atomic E-state index is 0.243. The summed E-state index contributed by atoms with van der Waals surface area (Å²) in [6, 6.07) is 15.3. The summed E-state index contributed by atoms with van der Waals surface area (Å²) in [6.45, 7) is 0. The molecule has 25 heavy (non-hydrogen) atoms. The molecule has 0 aliphatic rings. The smallest absolute Gasteiger partial charge is 0.254 e. The summed E-state index contributed by atoms with van der Waals surface area (Å²) in [7, 11) is 0. The van der Waals surface area contributed by atoms with Crippen LogP contribution in [-0.2, 0) is 16.0 Å². The van der Waals surface area contributed by atoms with Crippen molar-refractivity contribution in [1.82, 2.24) is 10.3 Å². The molecule has 0 aliphatic heterocycles. The molecular formula is C19H19N3O3. The van der Waals surface area contributed by atoms with Crippen molar-refractivity contribution in [2.75, 3.05) is 0 Å². The lowest BCUT2D eigenvalue weighted by Gasteiger charge is -2.18. The first-order valence-electron chi connectivity index (χ1n) is 7.94. The van der Waals surface area contributed by atoms with Gasteiger partial charge in [-0.3, -0.25) is 9.59 Å². The van der Waals surface area contributed by atoms with Gasteiger partial charge in [-0.25, -0.2) is 0 Å². The van der Waals surface area contributed by atoms with Crippen LogP contribution >= 0.6 is 0 Å². The maximum Gasteiger partial charge on any atom is 0.254 e. The number of nitrogens with two attached hydrogens (primary N) is 1. The third-order valence-corrected chi connectivity index (χ3v) is 4.12. The number of nitrogens with one attached hydrogen (secondary N) is 2. The van der Waals surface area contributed by atoms with Gasteiger partial charge in [0.25, 0.3) is 5.91 Å². The number of aromatic amines is 1. The second-order valence-electron chi connectivity index (χ2n) is 5.84. The highest BCUT2D eigenvalue weighted by Gasteiger charge is 2.24.